The minimum atomic E-state index is -4.59. The predicted molar refractivity (Wildman–Crippen MR) is 141 cm³/mol. The van der Waals surface area contributed by atoms with Crippen molar-refractivity contribution in [3.63, 3.8) is 0 Å². The fourth-order valence-electron chi connectivity index (χ4n) is 3.60. The number of aromatic nitrogens is 2. The van der Waals surface area contributed by atoms with Crippen LogP contribution in [-0.2, 0) is 16.2 Å². The van der Waals surface area contributed by atoms with E-state index in [1.807, 2.05) is 7.05 Å². The summed E-state index contributed by atoms with van der Waals surface area (Å²) in [6, 6.07) is 12.0. The molecule has 0 radical (unpaired) electrons. The Balaban J connectivity index is 1.63. The van der Waals surface area contributed by atoms with Crippen LogP contribution in [-0.4, -0.2) is 62.8 Å². The molecule has 4 rings (SSSR count). The number of hydrogen-bond donors (Lipinski definition) is 2. The number of alkyl halides is 3. The molecular formula is C23H24ClF3N6O2S2. The molecule has 0 spiro atoms. The van der Waals surface area contributed by atoms with E-state index in [9.17, 15) is 21.6 Å². The number of halogens is 4. The van der Waals surface area contributed by atoms with E-state index in [-0.39, 0.29) is 10.7 Å². The molecule has 0 atom stereocenters. The number of hydrogen-bond acceptors (Lipinski definition) is 8. The molecule has 0 saturated carbocycles. The van der Waals surface area contributed by atoms with Crippen LogP contribution < -0.4 is 14.9 Å². The second-order valence-electron chi connectivity index (χ2n) is 8.50. The molecular weight excluding hydrogens is 549 g/mol. The number of anilines is 4. The Kier molecular flexibility index (Phi) is 8.07. The average molecular weight is 573 g/mol. The Hall–Kier alpha value is -2.74. The number of nitrogens with one attached hydrogen (secondary N) is 2. The molecule has 2 aromatic carbocycles. The van der Waals surface area contributed by atoms with Crippen LogP contribution in [0.1, 0.15) is 5.56 Å². The average Bonchev–Trinajstić information content (AvgIpc) is 2.80. The van der Waals surface area contributed by atoms with Crippen LogP contribution in [0, 0.1) is 0 Å². The zero-order valence-electron chi connectivity index (χ0n) is 19.9. The van der Waals surface area contributed by atoms with Gasteiger partial charge < -0.3 is 15.1 Å². The molecule has 1 saturated heterocycles. The highest BCUT2D eigenvalue weighted by molar-refractivity contribution is 7.99. The molecule has 8 nitrogen and oxygen atoms in total. The van der Waals surface area contributed by atoms with E-state index in [1.165, 1.54) is 23.9 Å². The molecule has 198 valence electrons. The fraction of sp³-hybridized carbons (Fsp3) is 0.304. The van der Waals surface area contributed by atoms with E-state index in [1.54, 1.807) is 30.3 Å². The third-order valence-corrected chi connectivity index (χ3v) is 7.24. The maximum absolute atomic E-state index is 13.3. The monoisotopic (exact) mass is 572 g/mol. The summed E-state index contributed by atoms with van der Waals surface area (Å²) >= 11 is 7.01. The normalized spacial score (nSPS) is 15.0. The lowest BCUT2D eigenvalue weighted by Gasteiger charge is -2.33. The Morgan fingerprint density at radius 3 is 2.24 bits per heavy atom. The van der Waals surface area contributed by atoms with E-state index in [4.69, 9.17) is 11.6 Å². The van der Waals surface area contributed by atoms with Crippen molar-refractivity contribution in [2.45, 2.75) is 16.2 Å². The molecule has 1 aliphatic rings. The number of sulfonamides is 1. The van der Waals surface area contributed by atoms with Gasteiger partial charge in [0.25, 0.3) is 0 Å². The molecule has 0 aliphatic carbocycles. The van der Waals surface area contributed by atoms with Crippen LogP contribution >= 0.6 is 23.4 Å². The minimum absolute atomic E-state index is 0.187. The van der Waals surface area contributed by atoms with Crippen LogP contribution in [0.5, 0.6) is 0 Å². The molecule has 1 aliphatic heterocycles. The summed E-state index contributed by atoms with van der Waals surface area (Å²) in [5, 5.41) is 2.95. The minimum Gasteiger partial charge on any atom is -0.354 e. The zero-order chi connectivity index (χ0) is 26.8. The van der Waals surface area contributed by atoms with Crippen LogP contribution in [0.3, 0.4) is 0 Å². The number of likely N-dealkylation sites (N-methyl/N-ethyl adjacent to an activating group) is 1. The fourth-order valence-corrected chi connectivity index (χ4v) is 5.15. The zero-order valence-corrected chi connectivity index (χ0v) is 22.3. The van der Waals surface area contributed by atoms with E-state index in [0.29, 0.717) is 22.5 Å². The van der Waals surface area contributed by atoms with Gasteiger partial charge in [0.2, 0.25) is 10.0 Å². The molecule has 0 bridgehead atoms. The third kappa shape index (κ3) is 7.63. The molecule has 0 unspecified atom stereocenters. The third-order valence-electron chi connectivity index (χ3n) is 5.43. The number of piperazine rings is 1. The summed E-state index contributed by atoms with van der Waals surface area (Å²) in [6.45, 7) is 3.16. The molecule has 1 aromatic heterocycles. The largest absolute Gasteiger partial charge is 0.417 e. The smallest absolute Gasteiger partial charge is 0.354 e. The SMILES string of the molecule is CN1CCN(c2cc(Nc3ccc(Cl)c(C(F)(F)F)c3)nc(Sc3ccc(NS(C)(=O)=O)cc3)n2)CC1. The number of nitrogens with zero attached hydrogens (tertiary/aromatic N) is 4. The molecule has 2 N–H and O–H groups in total. The summed E-state index contributed by atoms with van der Waals surface area (Å²) in [6.07, 6.45) is -3.52. The van der Waals surface area contributed by atoms with Crippen molar-refractivity contribution in [3.05, 3.63) is 59.1 Å². The van der Waals surface area contributed by atoms with E-state index in [0.717, 1.165) is 43.4 Å². The Morgan fingerprint density at radius 2 is 1.62 bits per heavy atom. The van der Waals surface area contributed by atoms with Gasteiger partial charge in [-0.05, 0) is 61.3 Å². The van der Waals surface area contributed by atoms with Gasteiger partial charge in [0.05, 0.1) is 16.8 Å². The van der Waals surface area contributed by atoms with Gasteiger partial charge >= 0.3 is 6.18 Å². The lowest BCUT2D eigenvalue weighted by molar-refractivity contribution is -0.137. The van der Waals surface area contributed by atoms with Crippen LogP contribution in [0.4, 0.5) is 36.2 Å². The lowest BCUT2D eigenvalue weighted by atomic mass is 10.2. The molecule has 37 heavy (non-hydrogen) atoms. The van der Waals surface area contributed by atoms with Gasteiger partial charge in [-0.2, -0.15) is 13.2 Å². The Morgan fingerprint density at radius 1 is 0.973 bits per heavy atom. The van der Waals surface area contributed by atoms with Gasteiger partial charge in [0.15, 0.2) is 5.16 Å². The van der Waals surface area contributed by atoms with Crippen molar-refractivity contribution >= 4 is 56.4 Å². The first-order valence-corrected chi connectivity index (χ1v) is 14.2. The summed E-state index contributed by atoms with van der Waals surface area (Å²) in [5.74, 6) is 0.978. The van der Waals surface area contributed by atoms with Gasteiger partial charge in [0.1, 0.15) is 11.6 Å². The van der Waals surface area contributed by atoms with Gasteiger partial charge in [-0.15, -0.1) is 0 Å². The Labute approximate surface area is 222 Å². The van der Waals surface area contributed by atoms with Crippen molar-refractivity contribution in [2.75, 3.05) is 54.4 Å². The highest BCUT2D eigenvalue weighted by Crippen LogP contribution is 2.37. The summed E-state index contributed by atoms with van der Waals surface area (Å²) < 4.78 is 65.3. The Bertz CT molecular complexity index is 1370. The highest BCUT2D eigenvalue weighted by Gasteiger charge is 2.33. The van der Waals surface area contributed by atoms with Gasteiger partial charge in [-0.1, -0.05) is 11.6 Å². The summed E-state index contributed by atoms with van der Waals surface area (Å²) in [4.78, 5) is 14.2. The maximum Gasteiger partial charge on any atom is 0.417 e. The van der Waals surface area contributed by atoms with E-state index < -0.39 is 21.8 Å². The van der Waals surface area contributed by atoms with E-state index in [2.05, 4.69) is 29.8 Å². The first-order valence-electron chi connectivity index (χ1n) is 11.1. The van der Waals surface area contributed by atoms with Crippen LogP contribution in [0.25, 0.3) is 0 Å². The first kappa shape index (κ1) is 27.3. The highest BCUT2D eigenvalue weighted by atomic mass is 35.5. The second-order valence-corrected chi connectivity index (χ2v) is 11.7. The maximum atomic E-state index is 13.3. The topological polar surface area (TPSA) is 90.5 Å². The van der Waals surface area contributed by atoms with Gasteiger partial charge in [-0.25, -0.2) is 18.4 Å². The summed E-state index contributed by atoms with van der Waals surface area (Å²) in [5.41, 5.74) is -0.332. The second kappa shape index (κ2) is 10.9. The standard InChI is InChI=1S/C23H24ClF3N6O2S2/c1-32-9-11-33(12-10-32)21-14-20(28-16-5-8-19(24)18(13-16)23(25,26)27)29-22(30-21)36-17-6-3-15(4-7-17)31-37(2,34)35/h3-8,13-14,31H,9-12H2,1-2H3,(H,28,29,30). The van der Waals surface area contributed by atoms with Crippen molar-refractivity contribution < 1.29 is 21.6 Å². The number of benzene rings is 2. The summed E-state index contributed by atoms with van der Waals surface area (Å²) in [7, 11) is -1.36. The molecule has 1 fully saturated rings. The first-order chi connectivity index (χ1) is 17.4. The predicted octanol–water partition coefficient (Wildman–Crippen LogP) is 5.17. The molecule has 3 aromatic rings. The van der Waals surface area contributed by atoms with Gasteiger partial charge in [0, 0.05) is 48.5 Å². The number of rotatable bonds is 7. The van der Waals surface area contributed by atoms with Crippen molar-refractivity contribution in [1.29, 1.82) is 0 Å². The van der Waals surface area contributed by atoms with Crippen LogP contribution in [0.2, 0.25) is 5.02 Å². The van der Waals surface area contributed by atoms with Crippen LogP contribution in [0.15, 0.2) is 58.6 Å². The van der Waals surface area contributed by atoms with Crippen molar-refractivity contribution in [3.8, 4) is 0 Å². The van der Waals surface area contributed by atoms with Crippen molar-refractivity contribution in [2.24, 2.45) is 0 Å². The quantitative estimate of drug-likeness (QED) is 0.375. The molecule has 2 heterocycles. The lowest BCUT2D eigenvalue weighted by Crippen LogP contribution is -2.44. The molecule has 14 heteroatoms. The van der Waals surface area contributed by atoms with Crippen molar-refractivity contribution in [1.82, 2.24) is 14.9 Å². The molecule has 0 amide bonds. The van der Waals surface area contributed by atoms with E-state index >= 15 is 0 Å². The van der Waals surface area contributed by atoms with Gasteiger partial charge in [-0.3, -0.25) is 4.72 Å².